The number of alkyl halides is 3. The minimum Gasteiger partial charge on any atom is -0.355 e. The Kier molecular flexibility index (Phi) is 8.36. The van der Waals surface area contributed by atoms with Crippen LogP contribution >= 0.6 is 24.0 Å². The van der Waals surface area contributed by atoms with Crippen molar-refractivity contribution in [1.29, 1.82) is 0 Å². The van der Waals surface area contributed by atoms with Crippen LogP contribution in [0.15, 0.2) is 4.99 Å². The van der Waals surface area contributed by atoms with Gasteiger partial charge in [-0.1, -0.05) is 0 Å². The minimum absolute atomic E-state index is 0. The van der Waals surface area contributed by atoms with Gasteiger partial charge in [0.15, 0.2) is 5.96 Å². The number of piperazine rings is 1. The molecule has 0 bridgehead atoms. The van der Waals surface area contributed by atoms with Crippen LogP contribution in [0.5, 0.6) is 0 Å². The number of nitrogens with one attached hydrogen (secondary N) is 1. The highest BCUT2D eigenvalue weighted by Gasteiger charge is 2.41. The number of guanidine groups is 1. The van der Waals surface area contributed by atoms with E-state index >= 15 is 0 Å². The number of hydrogen-bond donors (Lipinski definition) is 1. The first-order chi connectivity index (χ1) is 10.4. The molecule has 0 saturated carbocycles. The summed E-state index contributed by atoms with van der Waals surface area (Å²) in [7, 11) is 1.72. The molecule has 2 aliphatic rings. The van der Waals surface area contributed by atoms with Gasteiger partial charge >= 0.3 is 6.18 Å². The summed E-state index contributed by atoms with van der Waals surface area (Å²) in [6.45, 7) is 7.34. The fourth-order valence-corrected chi connectivity index (χ4v) is 2.79. The van der Waals surface area contributed by atoms with Crippen molar-refractivity contribution in [2.24, 2.45) is 4.99 Å². The second-order valence-electron chi connectivity index (χ2n) is 5.91. The summed E-state index contributed by atoms with van der Waals surface area (Å²) in [6, 6.07) is -1.38. The molecule has 2 saturated heterocycles. The Morgan fingerprint density at radius 2 is 1.74 bits per heavy atom. The van der Waals surface area contributed by atoms with Crippen molar-refractivity contribution in [3.05, 3.63) is 0 Å². The highest BCUT2D eigenvalue weighted by molar-refractivity contribution is 14.0. The number of likely N-dealkylation sites (tertiary alicyclic amines) is 1. The first kappa shape index (κ1) is 20.8. The summed E-state index contributed by atoms with van der Waals surface area (Å²) in [5, 5.41) is 3.31. The SMILES string of the molecule is CN=C(NCCN1CCC1)N1CCN(C(C)C(F)(F)F)CC1.I. The van der Waals surface area contributed by atoms with Gasteiger partial charge in [-0.05, 0) is 26.4 Å². The topological polar surface area (TPSA) is 34.1 Å². The van der Waals surface area contributed by atoms with Gasteiger partial charge in [0, 0.05) is 46.3 Å². The number of hydrogen-bond acceptors (Lipinski definition) is 3. The van der Waals surface area contributed by atoms with Crippen LogP contribution in [-0.4, -0.2) is 92.3 Å². The van der Waals surface area contributed by atoms with Gasteiger partial charge in [-0.3, -0.25) is 9.89 Å². The molecule has 0 amide bonds. The highest BCUT2D eigenvalue weighted by atomic mass is 127. The lowest BCUT2D eigenvalue weighted by Gasteiger charge is -2.40. The lowest BCUT2D eigenvalue weighted by atomic mass is 10.2. The Morgan fingerprint density at radius 1 is 1.13 bits per heavy atom. The molecule has 136 valence electrons. The quantitative estimate of drug-likeness (QED) is 0.401. The third kappa shape index (κ3) is 5.93. The van der Waals surface area contributed by atoms with Crippen molar-refractivity contribution in [3.8, 4) is 0 Å². The summed E-state index contributed by atoms with van der Waals surface area (Å²) in [5.74, 6) is 0.792. The predicted octanol–water partition coefficient (Wildman–Crippen LogP) is 1.45. The van der Waals surface area contributed by atoms with Gasteiger partial charge in [-0.15, -0.1) is 24.0 Å². The molecule has 0 radical (unpaired) electrons. The molecule has 0 aromatic heterocycles. The van der Waals surface area contributed by atoms with E-state index in [2.05, 4.69) is 15.2 Å². The van der Waals surface area contributed by atoms with E-state index in [4.69, 9.17) is 0 Å². The fourth-order valence-electron chi connectivity index (χ4n) is 2.79. The predicted molar refractivity (Wildman–Crippen MR) is 96.5 cm³/mol. The number of nitrogens with zero attached hydrogens (tertiary/aromatic N) is 4. The van der Waals surface area contributed by atoms with Gasteiger partial charge in [0.1, 0.15) is 6.04 Å². The first-order valence-corrected chi connectivity index (χ1v) is 7.90. The van der Waals surface area contributed by atoms with Gasteiger partial charge in [-0.2, -0.15) is 13.2 Å². The maximum Gasteiger partial charge on any atom is 0.403 e. The third-order valence-electron chi connectivity index (χ3n) is 4.51. The molecule has 0 spiro atoms. The van der Waals surface area contributed by atoms with E-state index in [0.29, 0.717) is 26.2 Å². The van der Waals surface area contributed by atoms with Crippen molar-refractivity contribution >= 4 is 29.9 Å². The van der Waals surface area contributed by atoms with Gasteiger partial charge in [0.25, 0.3) is 0 Å². The number of rotatable bonds is 4. The molecule has 0 aromatic carbocycles. The molecule has 2 fully saturated rings. The molecule has 1 unspecified atom stereocenters. The maximum absolute atomic E-state index is 12.7. The van der Waals surface area contributed by atoms with Crippen LogP contribution in [0, 0.1) is 0 Å². The van der Waals surface area contributed by atoms with Crippen molar-refractivity contribution in [2.45, 2.75) is 25.6 Å². The first-order valence-electron chi connectivity index (χ1n) is 7.90. The van der Waals surface area contributed by atoms with Gasteiger partial charge < -0.3 is 15.1 Å². The summed E-state index contributed by atoms with van der Waals surface area (Å²) in [6.07, 6.45) is -2.88. The Labute approximate surface area is 153 Å². The summed E-state index contributed by atoms with van der Waals surface area (Å²) >= 11 is 0. The molecule has 0 aliphatic carbocycles. The molecule has 2 aliphatic heterocycles. The molecule has 2 rings (SSSR count). The van der Waals surface area contributed by atoms with Crippen LogP contribution < -0.4 is 5.32 Å². The standard InChI is InChI=1S/C14H26F3N5.HI/c1-12(14(15,16)17)21-8-10-22(11-9-21)13(18-2)19-4-7-20-5-3-6-20;/h12H,3-11H2,1-2H3,(H,18,19);1H. The Bertz CT molecular complexity index is 379. The van der Waals surface area contributed by atoms with Crippen LogP contribution in [0.25, 0.3) is 0 Å². The van der Waals surface area contributed by atoms with Crippen LogP contribution in [0.4, 0.5) is 13.2 Å². The average molecular weight is 449 g/mol. The van der Waals surface area contributed by atoms with E-state index in [-0.39, 0.29) is 24.0 Å². The van der Waals surface area contributed by atoms with Gasteiger partial charge in [0.05, 0.1) is 0 Å². The normalized spacial score (nSPS) is 22.3. The van der Waals surface area contributed by atoms with E-state index < -0.39 is 12.2 Å². The lowest BCUT2D eigenvalue weighted by molar-refractivity contribution is -0.181. The van der Waals surface area contributed by atoms with Crippen molar-refractivity contribution in [2.75, 3.05) is 59.4 Å². The van der Waals surface area contributed by atoms with E-state index in [9.17, 15) is 13.2 Å². The third-order valence-corrected chi connectivity index (χ3v) is 4.51. The van der Waals surface area contributed by atoms with Crippen LogP contribution in [0.3, 0.4) is 0 Å². The molecule has 2 heterocycles. The molecule has 1 atom stereocenters. The zero-order valence-electron chi connectivity index (χ0n) is 13.8. The van der Waals surface area contributed by atoms with Gasteiger partial charge in [-0.25, -0.2) is 0 Å². The van der Waals surface area contributed by atoms with Crippen molar-refractivity contribution < 1.29 is 13.2 Å². The second-order valence-corrected chi connectivity index (χ2v) is 5.91. The molecule has 23 heavy (non-hydrogen) atoms. The lowest BCUT2D eigenvalue weighted by Crippen LogP contribution is -2.57. The van der Waals surface area contributed by atoms with E-state index in [1.54, 1.807) is 7.05 Å². The van der Waals surface area contributed by atoms with Crippen LogP contribution in [0.2, 0.25) is 0 Å². The Hall–Kier alpha value is -0.290. The summed E-state index contributed by atoms with van der Waals surface area (Å²) in [4.78, 5) is 10.1. The second kappa shape index (κ2) is 9.26. The van der Waals surface area contributed by atoms with E-state index in [1.807, 2.05) is 4.90 Å². The van der Waals surface area contributed by atoms with Crippen molar-refractivity contribution in [3.63, 3.8) is 0 Å². The average Bonchev–Trinajstić information content (AvgIpc) is 2.44. The Balaban J connectivity index is 0.00000264. The zero-order valence-corrected chi connectivity index (χ0v) is 16.1. The maximum atomic E-state index is 12.7. The Morgan fingerprint density at radius 3 is 2.17 bits per heavy atom. The summed E-state index contributed by atoms with van der Waals surface area (Å²) < 4.78 is 38.2. The molecular formula is C14H27F3IN5. The number of aliphatic imine (C=N–C) groups is 1. The van der Waals surface area contributed by atoms with E-state index in [0.717, 1.165) is 32.1 Å². The highest BCUT2D eigenvalue weighted by Crippen LogP contribution is 2.25. The van der Waals surface area contributed by atoms with Crippen LogP contribution in [0.1, 0.15) is 13.3 Å². The van der Waals surface area contributed by atoms with Crippen LogP contribution in [-0.2, 0) is 0 Å². The smallest absolute Gasteiger partial charge is 0.355 e. The molecule has 1 N–H and O–H groups in total. The minimum atomic E-state index is -4.15. The zero-order chi connectivity index (χ0) is 16.2. The molecule has 5 nitrogen and oxygen atoms in total. The van der Waals surface area contributed by atoms with Crippen molar-refractivity contribution in [1.82, 2.24) is 20.0 Å². The monoisotopic (exact) mass is 449 g/mol. The largest absolute Gasteiger partial charge is 0.403 e. The molecule has 0 aromatic rings. The summed E-state index contributed by atoms with van der Waals surface area (Å²) in [5.41, 5.74) is 0. The van der Waals surface area contributed by atoms with Gasteiger partial charge in [0.2, 0.25) is 0 Å². The molecule has 9 heteroatoms. The van der Waals surface area contributed by atoms with E-state index in [1.165, 1.54) is 18.2 Å². The number of halogens is 4. The fraction of sp³-hybridized carbons (Fsp3) is 0.929. The molecular weight excluding hydrogens is 422 g/mol.